The van der Waals surface area contributed by atoms with Crippen molar-refractivity contribution in [2.75, 3.05) is 20.1 Å². The number of carboxylic acid groups (broad SMARTS) is 1. The van der Waals surface area contributed by atoms with E-state index in [1.54, 1.807) is 6.92 Å². The Morgan fingerprint density at radius 3 is 2.74 bits per heavy atom. The van der Waals surface area contributed by atoms with Gasteiger partial charge in [-0.1, -0.05) is 0 Å². The largest absolute Gasteiger partial charge is 0.480 e. The van der Waals surface area contributed by atoms with Crippen LogP contribution in [0.15, 0.2) is 0 Å². The minimum atomic E-state index is -3.83. The van der Waals surface area contributed by atoms with Gasteiger partial charge in [0.2, 0.25) is 0 Å². The van der Waals surface area contributed by atoms with E-state index in [-0.39, 0.29) is 13.1 Å². The van der Waals surface area contributed by atoms with Crippen molar-refractivity contribution in [3.8, 4) is 6.07 Å². The van der Waals surface area contributed by atoms with Gasteiger partial charge in [-0.25, -0.2) is 0 Å². The summed E-state index contributed by atoms with van der Waals surface area (Å²) in [6.07, 6.45) is 1.70. The predicted molar refractivity (Wildman–Crippen MR) is 68.3 cm³/mol. The SMILES string of the molecule is CC(C#N)CN(C)S(=O)(=O)N1CCCCC1C(=O)O. The molecule has 0 aromatic heterocycles. The molecule has 0 spiro atoms. The lowest BCUT2D eigenvalue weighted by Crippen LogP contribution is -2.53. The summed E-state index contributed by atoms with van der Waals surface area (Å²) in [6.45, 7) is 1.89. The third-order valence-electron chi connectivity index (χ3n) is 3.18. The summed E-state index contributed by atoms with van der Waals surface area (Å²) in [5.41, 5.74) is 0. The van der Waals surface area contributed by atoms with E-state index >= 15 is 0 Å². The van der Waals surface area contributed by atoms with Crippen molar-refractivity contribution in [1.82, 2.24) is 8.61 Å². The molecule has 1 saturated heterocycles. The van der Waals surface area contributed by atoms with Gasteiger partial charge in [-0.2, -0.15) is 22.3 Å². The molecule has 1 aliphatic rings. The number of carbonyl (C=O) groups is 1. The van der Waals surface area contributed by atoms with Crippen LogP contribution in [0.3, 0.4) is 0 Å². The van der Waals surface area contributed by atoms with Gasteiger partial charge in [0, 0.05) is 20.1 Å². The fourth-order valence-electron chi connectivity index (χ4n) is 2.13. The molecular formula is C11H19N3O4S. The zero-order valence-corrected chi connectivity index (χ0v) is 11.9. The number of hydrogen-bond acceptors (Lipinski definition) is 4. The van der Waals surface area contributed by atoms with Gasteiger partial charge in [-0.3, -0.25) is 4.79 Å². The first kappa shape index (κ1) is 15.9. The molecule has 1 aliphatic heterocycles. The number of aliphatic carboxylic acids is 1. The molecule has 7 nitrogen and oxygen atoms in total. The van der Waals surface area contributed by atoms with Gasteiger partial charge in [0.25, 0.3) is 10.2 Å². The third kappa shape index (κ3) is 3.65. The van der Waals surface area contributed by atoms with E-state index in [0.717, 1.165) is 8.61 Å². The third-order valence-corrected chi connectivity index (χ3v) is 5.15. The molecule has 0 saturated carbocycles. The summed E-state index contributed by atoms with van der Waals surface area (Å²) in [5.74, 6) is -1.56. The van der Waals surface area contributed by atoms with Crippen LogP contribution in [-0.4, -0.2) is 54.3 Å². The zero-order chi connectivity index (χ0) is 14.6. The predicted octanol–water partition coefficient (Wildman–Crippen LogP) is 0.262. The highest BCUT2D eigenvalue weighted by Crippen LogP contribution is 2.22. The Labute approximate surface area is 113 Å². The topological polar surface area (TPSA) is 102 Å². The maximum absolute atomic E-state index is 12.3. The molecule has 0 aromatic rings. The van der Waals surface area contributed by atoms with E-state index in [0.29, 0.717) is 19.3 Å². The summed E-state index contributed by atoms with van der Waals surface area (Å²) < 4.78 is 26.8. The Balaban J connectivity index is 2.91. The first-order valence-corrected chi connectivity index (χ1v) is 7.56. The summed E-state index contributed by atoms with van der Waals surface area (Å²) >= 11 is 0. The number of rotatable bonds is 5. The molecule has 2 atom stereocenters. The highest BCUT2D eigenvalue weighted by molar-refractivity contribution is 7.86. The van der Waals surface area contributed by atoms with Crippen LogP contribution >= 0.6 is 0 Å². The van der Waals surface area contributed by atoms with Crippen LogP contribution in [0.1, 0.15) is 26.2 Å². The molecule has 0 aromatic carbocycles. The molecule has 8 heteroatoms. The minimum absolute atomic E-state index is 0.0572. The molecule has 1 fully saturated rings. The molecule has 0 bridgehead atoms. The zero-order valence-electron chi connectivity index (χ0n) is 11.1. The van der Waals surface area contributed by atoms with Crippen LogP contribution in [0.4, 0.5) is 0 Å². The molecule has 1 heterocycles. The first-order valence-electron chi connectivity index (χ1n) is 6.16. The van der Waals surface area contributed by atoms with Gasteiger partial charge in [-0.05, 0) is 26.2 Å². The van der Waals surface area contributed by atoms with Crippen molar-refractivity contribution in [3.63, 3.8) is 0 Å². The Morgan fingerprint density at radius 1 is 1.58 bits per heavy atom. The van der Waals surface area contributed by atoms with Crippen LogP contribution in [0, 0.1) is 17.2 Å². The first-order chi connectivity index (χ1) is 8.80. The van der Waals surface area contributed by atoms with E-state index < -0.39 is 28.1 Å². The number of nitriles is 1. The lowest BCUT2D eigenvalue weighted by molar-refractivity contribution is -0.142. The van der Waals surface area contributed by atoms with Gasteiger partial charge < -0.3 is 5.11 Å². The van der Waals surface area contributed by atoms with Crippen molar-refractivity contribution in [2.24, 2.45) is 5.92 Å². The van der Waals surface area contributed by atoms with Crippen LogP contribution in [0.5, 0.6) is 0 Å². The van der Waals surface area contributed by atoms with Crippen molar-refractivity contribution in [1.29, 1.82) is 5.26 Å². The molecule has 0 radical (unpaired) electrons. The molecule has 108 valence electrons. The Kier molecular flexibility index (Phi) is 5.29. The van der Waals surface area contributed by atoms with E-state index in [2.05, 4.69) is 0 Å². The van der Waals surface area contributed by atoms with Gasteiger partial charge in [0.15, 0.2) is 0 Å². The van der Waals surface area contributed by atoms with Crippen LogP contribution in [0.2, 0.25) is 0 Å². The number of hydrogen-bond donors (Lipinski definition) is 1. The summed E-state index contributed by atoms with van der Waals surface area (Å²) in [5, 5.41) is 17.8. The van der Waals surface area contributed by atoms with Crippen molar-refractivity contribution >= 4 is 16.2 Å². The fraction of sp³-hybridized carbons (Fsp3) is 0.818. The van der Waals surface area contributed by atoms with Crippen molar-refractivity contribution in [2.45, 2.75) is 32.2 Å². The monoisotopic (exact) mass is 289 g/mol. The lowest BCUT2D eigenvalue weighted by Gasteiger charge is -2.34. The normalized spacial score (nSPS) is 22.9. The average Bonchev–Trinajstić information content (AvgIpc) is 2.38. The second-order valence-corrected chi connectivity index (χ2v) is 6.77. The van der Waals surface area contributed by atoms with E-state index in [1.807, 2.05) is 6.07 Å². The van der Waals surface area contributed by atoms with E-state index in [1.165, 1.54) is 7.05 Å². The van der Waals surface area contributed by atoms with E-state index in [9.17, 15) is 13.2 Å². The minimum Gasteiger partial charge on any atom is -0.480 e. The number of carboxylic acids is 1. The quantitative estimate of drug-likeness (QED) is 0.782. The highest BCUT2D eigenvalue weighted by Gasteiger charge is 2.39. The van der Waals surface area contributed by atoms with Crippen molar-refractivity contribution < 1.29 is 18.3 Å². The van der Waals surface area contributed by atoms with Gasteiger partial charge in [0.1, 0.15) is 6.04 Å². The molecule has 19 heavy (non-hydrogen) atoms. The molecule has 2 unspecified atom stereocenters. The number of nitrogens with zero attached hydrogens (tertiary/aromatic N) is 3. The Hall–Kier alpha value is -1.17. The van der Waals surface area contributed by atoms with Crippen LogP contribution < -0.4 is 0 Å². The van der Waals surface area contributed by atoms with Crippen molar-refractivity contribution in [3.05, 3.63) is 0 Å². The molecule has 0 amide bonds. The highest BCUT2D eigenvalue weighted by atomic mass is 32.2. The molecular weight excluding hydrogens is 270 g/mol. The second-order valence-electron chi connectivity index (χ2n) is 4.78. The standard InChI is InChI=1S/C11H19N3O4S/c1-9(7-12)8-13(2)19(17,18)14-6-4-3-5-10(14)11(15)16/h9-10H,3-6,8H2,1-2H3,(H,15,16). The Morgan fingerprint density at radius 2 is 2.21 bits per heavy atom. The lowest BCUT2D eigenvalue weighted by atomic mass is 10.1. The summed E-state index contributed by atoms with van der Waals surface area (Å²) in [4.78, 5) is 11.1. The summed E-state index contributed by atoms with van der Waals surface area (Å²) in [7, 11) is -2.45. The number of piperidine rings is 1. The van der Waals surface area contributed by atoms with Gasteiger partial charge in [0.05, 0.1) is 12.0 Å². The molecule has 0 aliphatic carbocycles. The maximum Gasteiger partial charge on any atom is 0.322 e. The fourth-order valence-corrected chi connectivity index (χ4v) is 3.77. The second kappa shape index (κ2) is 6.32. The van der Waals surface area contributed by atoms with Crippen LogP contribution in [-0.2, 0) is 15.0 Å². The summed E-state index contributed by atoms with van der Waals surface area (Å²) in [6, 6.07) is 0.963. The molecule has 1 N–H and O–H groups in total. The van der Waals surface area contributed by atoms with Crippen LogP contribution in [0.25, 0.3) is 0 Å². The average molecular weight is 289 g/mol. The Bertz CT molecular complexity index is 471. The maximum atomic E-state index is 12.3. The van der Waals surface area contributed by atoms with E-state index in [4.69, 9.17) is 10.4 Å². The molecule has 1 rings (SSSR count). The van der Waals surface area contributed by atoms with Gasteiger partial charge >= 0.3 is 5.97 Å². The smallest absolute Gasteiger partial charge is 0.322 e. The van der Waals surface area contributed by atoms with Gasteiger partial charge in [-0.15, -0.1) is 0 Å².